The van der Waals surface area contributed by atoms with Crippen molar-refractivity contribution in [3.05, 3.63) is 29.6 Å². The van der Waals surface area contributed by atoms with Crippen LogP contribution in [0, 0.1) is 11.3 Å². The van der Waals surface area contributed by atoms with E-state index in [2.05, 4.69) is 15.6 Å². The van der Waals surface area contributed by atoms with E-state index in [1.165, 1.54) is 0 Å². The molecule has 0 radical (unpaired) electrons. The molecule has 1 fully saturated rings. The number of ether oxygens (including phenoxy) is 1. The summed E-state index contributed by atoms with van der Waals surface area (Å²) in [5, 5.41) is 9.01. The molecule has 0 bridgehead atoms. The lowest BCUT2D eigenvalue weighted by Gasteiger charge is -2.13. The third-order valence-corrected chi connectivity index (χ3v) is 3.73. The number of hydrogen-bond acceptors (Lipinski definition) is 3. The largest absolute Gasteiger partial charge is 0.376 e. The van der Waals surface area contributed by atoms with E-state index >= 15 is 0 Å². The van der Waals surface area contributed by atoms with Gasteiger partial charge in [0.25, 0.3) is 0 Å². The molecule has 1 aliphatic heterocycles. The van der Waals surface area contributed by atoms with Crippen molar-refractivity contribution in [2.75, 3.05) is 6.61 Å². The first kappa shape index (κ1) is 12.5. The Morgan fingerprint density at radius 3 is 3.11 bits per heavy atom. The SMILES string of the molecule is N#Cc1ccc2nc(CCl)n(CC3CCCO3)c2c1. The fourth-order valence-electron chi connectivity index (χ4n) is 2.54. The van der Waals surface area contributed by atoms with Gasteiger partial charge in [-0.25, -0.2) is 4.98 Å². The number of fused-ring (bicyclic) bond motifs is 1. The average Bonchev–Trinajstić information content (AvgIpc) is 3.07. The van der Waals surface area contributed by atoms with Crippen LogP contribution in [0.15, 0.2) is 18.2 Å². The Morgan fingerprint density at radius 1 is 1.53 bits per heavy atom. The number of nitriles is 1. The van der Waals surface area contributed by atoms with E-state index in [1.54, 1.807) is 6.07 Å². The second-order valence-corrected chi connectivity index (χ2v) is 4.99. The average molecular weight is 276 g/mol. The van der Waals surface area contributed by atoms with Gasteiger partial charge in [-0.1, -0.05) is 0 Å². The smallest absolute Gasteiger partial charge is 0.124 e. The quantitative estimate of drug-likeness (QED) is 0.810. The van der Waals surface area contributed by atoms with Gasteiger partial charge in [0.2, 0.25) is 0 Å². The minimum atomic E-state index is 0.227. The molecule has 0 aliphatic carbocycles. The number of imidazole rings is 1. The van der Waals surface area contributed by atoms with E-state index in [1.807, 2.05) is 12.1 Å². The summed E-state index contributed by atoms with van der Waals surface area (Å²) in [4.78, 5) is 4.51. The van der Waals surface area contributed by atoms with Gasteiger partial charge in [-0.15, -0.1) is 11.6 Å². The number of benzene rings is 1. The van der Waals surface area contributed by atoms with Crippen LogP contribution < -0.4 is 0 Å². The number of rotatable bonds is 3. The molecule has 1 aliphatic rings. The van der Waals surface area contributed by atoms with Gasteiger partial charge >= 0.3 is 0 Å². The van der Waals surface area contributed by atoms with Gasteiger partial charge < -0.3 is 9.30 Å². The normalized spacial score (nSPS) is 18.8. The van der Waals surface area contributed by atoms with E-state index in [0.29, 0.717) is 11.4 Å². The molecule has 5 heteroatoms. The molecule has 3 rings (SSSR count). The van der Waals surface area contributed by atoms with Gasteiger partial charge in [0.1, 0.15) is 5.82 Å². The molecule has 0 spiro atoms. The molecule has 2 heterocycles. The van der Waals surface area contributed by atoms with E-state index < -0.39 is 0 Å². The fraction of sp³-hybridized carbons (Fsp3) is 0.429. The topological polar surface area (TPSA) is 50.8 Å². The lowest BCUT2D eigenvalue weighted by molar-refractivity contribution is 0.0974. The molecule has 0 N–H and O–H groups in total. The van der Waals surface area contributed by atoms with Crippen LogP contribution in [-0.2, 0) is 17.2 Å². The molecule has 1 saturated heterocycles. The highest BCUT2D eigenvalue weighted by Gasteiger charge is 2.19. The van der Waals surface area contributed by atoms with Gasteiger partial charge in [0.05, 0.1) is 41.2 Å². The molecule has 2 aromatic rings. The van der Waals surface area contributed by atoms with Crippen LogP contribution in [-0.4, -0.2) is 22.3 Å². The van der Waals surface area contributed by atoms with Crippen LogP contribution in [0.2, 0.25) is 0 Å². The summed E-state index contributed by atoms with van der Waals surface area (Å²) in [6, 6.07) is 7.68. The number of aromatic nitrogens is 2. The maximum Gasteiger partial charge on any atom is 0.124 e. The lowest BCUT2D eigenvalue weighted by atomic mass is 10.2. The molecule has 19 heavy (non-hydrogen) atoms. The summed E-state index contributed by atoms with van der Waals surface area (Å²) in [7, 11) is 0. The van der Waals surface area contributed by atoms with Crippen molar-refractivity contribution >= 4 is 22.6 Å². The lowest BCUT2D eigenvalue weighted by Crippen LogP contribution is -2.16. The van der Waals surface area contributed by atoms with Gasteiger partial charge in [-0.3, -0.25) is 0 Å². The minimum absolute atomic E-state index is 0.227. The van der Waals surface area contributed by atoms with Crippen LogP contribution in [0.5, 0.6) is 0 Å². The van der Waals surface area contributed by atoms with E-state index in [9.17, 15) is 0 Å². The first-order valence-electron chi connectivity index (χ1n) is 6.38. The van der Waals surface area contributed by atoms with Crippen LogP contribution in [0.25, 0.3) is 11.0 Å². The molecule has 1 aromatic heterocycles. The summed E-state index contributed by atoms with van der Waals surface area (Å²) in [6.45, 7) is 1.59. The summed E-state index contributed by atoms with van der Waals surface area (Å²) >= 11 is 5.97. The third kappa shape index (κ3) is 2.32. The molecule has 4 nitrogen and oxygen atoms in total. The highest BCUT2D eigenvalue weighted by atomic mass is 35.5. The van der Waals surface area contributed by atoms with Crippen LogP contribution in [0.4, 0.5) is 0 Å². The van der Waals surface area contributed by atoms with Gasteiger partial charge in [-0.2, -0.15) is 5.26 Å². The Hall–Kier alpha value is -1.57. The Morgan fingerprint density at radius 2 is 2.42 bits per heavy atom. The number of halogens is 1. The van der Waals surface area contributed by atoms with Crippen LogP contribution >= 0.6 is 11.6 Å². The summed E-state index contributed by atoms with van der Waals surface area (Å²) in [5.74, 6) is 1.20. The first-order chi connectivity index (χ1) is 9.31. The fourth-order valence-corrected chi connectivity index (χ4v) is 2.74. The van der Waals surface area contributed by atoms with Crippen molar-refractivity contribution in [1.82, 2.24) is 9.55 Å². The maximum atomic E-state index is 9.01. The summed E-state index contributed by atoms with van der Waals surface area (Å²) < 4.78 is 7.76. The number of nitrogens with zero attached hydrogens (tertiary/aromatic N) is 3. The molecule has 0 saturated carbocycles. The monoisotopic (exact) mass is 275 g/mol. The van der Waals surface area contributed by atoms with Gasteiger partial charge in [0.15, 0.2) is 0 Å². The van der Waals surface area contributed by atoms with Crippen molar-refractivity contribution in [3.63, 3.8) is 0 Å². The predicted octanol–water partition coefficient (Wildman–Crippen LogP) is 2.83. The van der Waals surface area contributed by atoms with E-state index in [0.717, 1.165) is 42.9 Å². The molecule has 1 unspecified atom stereocenters. The predicted molar refractivity (Wildman–Crippen MR) is 73.0 cm³/mol. The van der Waals surface area contributed by atoms with Crippen molar-refractivity contribution in [2.45, 2.75) is 31.4 Å². The van der Waals surface area contributed by atoms with Crippen LogP contribution in [0.3, 0.4) is 0 Å². The minimum Gasteiger partial charge on any atom is -0.376 e. The number of hydrogen-bond donors (Lipinski definition) is 0. The molecule has 1 atom stereocenters. The van der Waals surface area contributed by atoms with Crippen molar-refractivity contribution in [2.24, 2.45) is 0 Å². The zero-order valence-electron chi connectivity index (χ0n) is 10.5. The Balaban J connectivity index is 2.05. The Kier molecular flexibility index (Phi) is 3.41. The number of alkyl halides is 1. The van der Waals surface area contributed by atoms with Crippen molar-refractivity contribution < 1.29 is 4.74 Å². The van der Waals surface area contributed by atoms with E-state index in [-0.39, 0.29) is 6.10 Å². The van der Waals surface area contributed by atoms with Crippen molar-refractivity contribution in [1.29, 1.82) is 5.26 Å². The van der Waals surface area contributed by atoms with Crippen LogP contribution in [0.1, 0.15) is 24.2 Å². The molecule has 0 amide bonds. The first-order valence-corrected chi connectivity index (χ1v) is 6.92. The zero-order chi connectivity index (χ0) is 13.2. The second kappa shape index (κ2) is 5.20. The van der Waals surface area contributed by atoms with Gasteiger partial charge in [-0.05, 0) is 31.0 Å². The third-order valence-electron chi connectivity index (χ3n) is 3.49. The zero-order valence-corrected chi connectivity index (χ0v) is 11.2. The summed E-state index contributed by atoms with van der Waals surface area (Å²) in [6.07, 6.45) is 2.40. The highest BCUT2D eigenvalue weighted by molar-refractivity contribution is 6.16. The maximum absolute atomic E-state index is 9.01. The molecular weight excluding hydrogens is 262 g/mol. The van der Waals surface area contributed by atoms with Crippen molar-refractivity contribution in [3.8, 4) is 6.07 Å². The van der Waals surface area contributed by atoms with E-state index in [4.69, 9.17) is 21.6 Å². The molecular formula is C14H14ClN3O. The summed E-state index contributed by atoms with van der Waals surface area (Å²) in [5.41, 5.74) is 2.49. The molecule has 1 aromatic carbocycles. The highest BCUT2D eigenvalue weighted by Crippen LogP contribution is 2.22. The standard InChI is InChI=1S/C14H14ClN3O/c15-7-14-17-12-4-3-10(8-16)6-13(12)18(14)9-11-2-1-5-19-11/h3-4,6,11H,1-2,5,7,9H2. The Bertz CT molecular complexity index is 638. The Labute approximate surface area is 116 Å². The molecule has 98 valence electrons. The second-order valence-electron chi connectivity index (χ2n) is 4.72. The van der Waals surface area contributed by atoms with Gasteiger partial charge in [0, 0.05) is 6.61 Å².